The summed E-state index contributed by atoms with van der Waals surface area (Å²) in [7, 11) is 0. The Kier molecular flexibility index (Phi) is 5.77. The summed E-state index contributed by atoms with van der Waals surface area (Å²) in [6.45, 7) is 14.4. The minimum Gasteiger partial charge on any atom is -0.310 e. The first-order valence-corrected chi connectivity index (χ1v) is 10.3. The summed E-state index contributed by atoms with van der Waals surface area (Å²) in [5.41, 5.74) is 4.67. The lowest BCUT2D eigenvalue weighted by molar-refractivity contribution is 0.568. The van der Waals surface area contributed by atoms with Crippen LogP contribution in [-0.4, -0.2) is 0 Å². The van der Waals surface area contributed by atoms with Gasteiger partial charge in [0.15, 0.2) is 0 Å². The summed E-state index contributed by atoms with van der Waals surface area (Å²) in [5.74, 6) is -1.10. The van der Waals surface area contributed by atoms with Crippen molar-refractivity contribution in [2.24, 2.45) is 0 Å². The average molecular weight is 408 g/mol. The van der Waals surface area contributed by atoms with Crippen LogP contribution in [0.5, 0.6) is 0 Å². The Hall–Kier alpha value is -2.68. The minimum absolute atomic E-state index is 0.0276. The van der Waals surface area contributed by atoms with E-state index in [4.69, 9.17) is 0 Å². The number of benzene rings is 3. The van der Waals surface area contributed by atoms with Crippen molar-refractivity contribution >= 4 is 17.1 Å². The molecular formula is C27H31F2N. The molecule has 0 saturated carbocycles. The summed E-state index contributed by atoms with van der Waals surface area (Å²) in [5, 5.41) is 0. The maximum atomic E-state index is 14.4. The molecule has 3 aromatic rings. The van der Waals surface area contributed by atoms with E-state index in [0.717, 1.165) is 11.4 Å². The fourth-order valence-electron chi connectivity index (χ4n) is 3.43. The fourth-order valence-corrected chi connectivity index (χ4v) is 3.43. The van der Waals surface area contributed by atoms with Gasteiger partial charge in [0.1, 0.15) is 11.6 Å². The van der Waals surface area contributed by atoms with Crippen LogP contribution in [0.3, 0.4) is 0 Å². The van der Waals surface area contributed by atoms with Crippen LogP contribution >= 0.6 is 0 Å². The molecule has 0 amide bonds. The second kappa shape index (κ2) is 7.86. The van der Waals surface area contributed by atoms with Crippen LogP contribution in [0, 0.1) is 18.6 Å². The average Bonchev–Trinajstić information content (AvgIpc) is 2.66. The molecule has 0 atom stereocenters. The summed E-state index contributed by atoms with van der Waals surface area (Å²) in [6.07, 6.45) is 0. The molecule has 0 N–H and O–H groups in total. The van der Waals surface area contributed by atoms with Crippen LogP contribution in [0.15, 0.2) is 60.7 Å². The molecule has 0 unspecified atom stereocenters. The van der Waals surface area contributed by atoms with Crippen molar-refractivity contribution in [3.8, 4) is 0 Å². The second-order valence-corrected chi connectivity index (χ2v) is 9.96. The first-order chi connectivity index (χ1) is 13.9. The Balaban J connectivity index is 2.14. The zero-order valence-corrected chi connectivity index (χ0v) is 19.0. The van der Waals surface area contributed by atoms with E-state index < -0.39 is 11.6 Å². The Bertz CT molecular complexity index is 940. The highest BCUT2D eigenvalue weighted by molar-refractivity contribution is 5.77. The quantitative estimate of drug-likeness (QED) is 0.422. The first-order valence-electron chi connectivity index (χ1n) is 10.3. The zero-order valence-electron chi connectivity index (χ0n) is 19.0. The van der Waals surface area contributed by atoms with Gasteiger partial charge in [-0.15, -0.1) is 0 Å². The van der Waals surface area contributed by atoms with Crippen LogP contribution in [0.1, 0.15) is 58.2 Å². The number of rotatable bonds is 3. The topological polar surface area (TPSA) is 3.24 Å². The zero-order chi connectivity index (χ0) is 22.3. The molecule has 3 rings (SSSR count). The van der Waals surface area contributed by atoms with Crippen molar-refractivity contribution in [1.29, 1.82) is 0 Å². The predicted octanol–water partition coefficient (Wildman–Crippen LogP) is 8.34. The molecule has 3 aromatic carbocycles. The molecule has 30 heavy (non-hydrogen) atoms. The molecule has 3 heteroatoms. The molecule has 0 fully saturated rings. The van der Waals surface area contributed by atoms with Crippen molar-refractivity contribution in [1.82, 2.24) is 0 Å². The maximum absolute atomic E-state index is 14.4. The van der Waals surface area contributed by atoms with Gasteiger partial charge in [0.25, 0.3) is 0 Å². The van der Waals surface area contributed by atoms with Gasteiger partial charge in [0, 0.05) is 16.9 Å². The highest BCUT2D eigenvalue weighted by Gasteiger charge is 2.20. The van der Waals surface area contributed by atoms with Gasteiger partial charge in [0.2, 0.25) is 0 Å². The molecule has 0 radical (unpaired) electrons. The maximum Gasteiger partial charge on any atom is 0.131 e. The largest absolute Gasteiger partial charge is 0.310 e. The monoisotopic (exact) mass is 407 g/mol. The van der Waals surface area contributed by atoms with Crippen LogP contribution in [0.4, 0.5) is 25.8 Å². The van der Waals surface area contributed by atoms with E-state index in [9.17, 15) is 8.78 Å². The van der Waals surface area contributed by atoms with Crippen molar-refractivity contribution in [3.05, 3.63) is 89.0 Å². The molecule has 0 saturated heterocycles. The van der Waals surface area contributed by atoms with Gasteiger partial charge in [-0.3, -0.25) is 0 Å². The van der Waals surface area contributed by atoms with E-state index in [-0.39, 0.29) is 16.4 Å². The Morgan fingerprint density at radius 2 is 0.900 bits per heavy atom. The molecule has 1 nitrogen and oxygen atoms in total. The summed E-state index contributed by atoms with van der Waals surface area (Å²) in [6, 6.07) is 19.1. The number of anilines is 3. The van der Waals surface area contributed by atoms with E-state index in [0.29, 0.717) is 5.69 Å². The van der Waals surface area contributed by atoms with Gasteiger partial charge in [-0.25, -0.2) is 8.78 Å². The smallest absolute Gasteiger partial charge is 0.131 e. The number of nitrogens with zero attached hydrogens (tertiary/aromatic N) is 1. The molecule has 0 aliphatic heterocycles. The van der Waals surface area contributed by atoms with E-state index in [1.807, 2.05) is 29.2 Å². The third kappa shape index (κ3) is 4.56. The predicted molar refractivity (Wildman–Crippen MR) is 123 cm³/mol. The number of hydrogen-bond donors (Lipinski definition) is 0. The number of hydrogen-bond acceptors (Lipinski definition) is 1. The molecular weight excluding hydrogens is 376 g/mol. The lowest BCUT2D eigenvalue weighted by atomic mass is 9.86. The first kappa shape index (κ1) is 22.0. The molecule has 0 bridgehead atoms. The minimum atomic E-state index is -0.548. The molecule has 0 heterocycles. The highest BCUT2D eigenvalue weighted by atomic mass is 19.1. The molecule has 0 aliphatic carbocycles. The molecule has 0 aliphatic rings. The Morgan fingerprint density at radius 1 is 0.567 bits per heavy atom. The van der Waals surface area contributed by atoms with Crippen LogP contribution in [0.2, 0.25) is 0 Å². The fraction of sp³-hybridized carbons (Fsp3) is 0.333. The standard InChI is InChI=1S/C27H31F2N/c1-18-24(28)16-23(17-25(18)29)30(21-12-8-19(9-13-21)26(2,3)4)22-14-10-20(11-15-22)27(5,6)7/h8-17H,1-7H3. The Morgan fingerprint density at radius 3 is 1.20 bits per heavy atom. The normalized spacial score (nSPS) is 12.2. The van der Waals surface area contributed by atoms with Crippen molar-refractivity contribution < 1.29 is 8.78 Å². The third-order valence-corrected chi connectivity index (χ3v) is 5.51. The summed E-state index contributed by atoms with van der Waals surface area (Å²) >= 11 is 0. The third-order valence-electron chi connectivity index (χ3n) is 5.51. The Labute approximate surface area is 179 Å². The lowest BCUT2D eigenvalue weighted by Crippen LogP contribution is -2.15. The summed E-state index contributed by atoms with van der Waals surface area (Å²) in [4.78, 5) is 1.89. The van der Waals surface area contributed by atoms with Crippen LogP contribution in [-0.2, 0) is 10.8 Å². The van der Waals surface area contributed by atoms with E-state index in [2.05, 4.69) is 65.8 Å². The van der Waals surface area contributed by atoms with Gasteiger partial charge in [-0.2, -0.15) is 0 Å². The van der Waals surface area contributed by atoms with E-state index in [1.165, 1.54) is 30.2 Å². The lowest BCUT2D eigenvalue weighted by Gasteiger charge is -2.28. The van der Waals surface area contributed by atoms with Gasteiger partial charge < -0.3 is 4.90 Å². The van der Waals surface area contributed by atoms with Crippen molar-refractivity contribution in [2.75, 3.05) is 4.90 Å². The van der Waals surface area contributed by atoms with Gasteiger partial charge in [-0.1, -0.05) is 65.8 Å². The summed E-state index contributed by atoms with van der Waals surface area (Å²) < 4.78 is 28.8. The van der Waals surface area contributed by atoms with Gasteiger partial charge in [0.05, 0.1) is 5.69 Å². The van der Waals surface area contributed by atoms with E-state index >= 15 is 0 Å². The van der Waals surface area contributed by atoms with Crippen molar-refractivity contribution in [2.45, 2.75) is 59.3 Å². The van der Waals surface area contributed by atoms with Crippen LogP contribution < -0.4 is 4.90 Å². The molecule has 0 aromatic heterocycles. The van der Waals surface area contributed by atoms with E-state index in [1.54, 1.807) is 0 Å². The second-order valence-electron chi connectivity index (χ2n) is 9.96. The number of halogens is 2. The molecule has 158 valence electrons. The van der Waals surface area contributed by atoms with Gasteiger partial charge in [-0.05, 0) is 65.3 Å². The van der Waals surface area contributed by atoms with Crippen LogP contribution in [0.25, 0.3) is 0 Å². The molecule has 0 spiro atoms. The SMILES string of the molecule is Cc1c(F)cc(N(c2ccc(C(C)(C)C)cc2)c2ccc(C(C)(C)C)cc2)cc1F. The van der Waals surface area contributed by atoms with Gasteiger partial charge >= 0.3 is 0 Å². The van der Waals surface area contributed by atoms with Crippen molar-refractivity contribution in [3.63, 3.8) is 0 Å². The highest BCUT2D eigenvalue weighted by Crippen LogP contribution is 2.38.